The van der Waals surface area contributed by atoms with Crippen molar-refractivity contribution < 1.29 is 19.0 Å². The van der Waals surface area contributed by atoms with E-state index in [-0.39, 0.29) is 12.2 Å². The predicted molar refractivity (Wildman–Crippen MR) is 109 cm³/mol. The summed E-state index contributed by atoms with van der Waals surface area (Å²) in [4.78, 5) is 26.4. The molecule has 3 aromatic rings. The van der Waals surface area contributed by atoms with E-state index in [1.807, 2.05) is 6.20 Å². The smallest absolute Gasteiger partial charge is 0.241 e. The van der Waals surface area contributed by atoms with Crippen LogP contribution in [-0.4, -0.2) is 64.6 Å². The molecule has 0 unspecified atom stereocenters. The van der Waals surface area contributed by atoms with Crippen molar-refractivity contribution in [3.8, 4) is 5.88 Å². The monoisotopic (exact) mass is 411 g/mol. The standard InChI is InChI=1S/C21H25N5O4/c1-28-8-5-26-13-15(10-24-26)18(27)9-16-11-22-19-17(14-3-6-30-7-4-14)12-23-21(29-2)20(19)25-16/h10-14H,3-9H2,1-2H3. The average Bonchev–Trinajstić information content (AvgIpc) is 3.26. The molecule has 9 heteroatoms. The first-order valence-electron chi connectivity index (χ1n) is 10.0. The largest absolute Gasteiger partial charge is 0.479 e. The van der Waals surface area contributed by atoms with Crippen LogP contribution in [0.1, 0.15) is 40.4 Å². The first kappa shape index (κ1) is 20.4. The molecule has 0 amide bonds. The fourth-order valence-corrected chi connectivity index (χ4v) is 3.66. The summed E-state index contributed by atoms with van der Waals surface area (Å²) in [7, 11) is 3.19. The molecular weight excluding hydrogens is 386 g/mol. The zero-order valence-corrected chi connectivity index (χ0v) is 17.2. The normalized spacial score (nSPS) is 14.9. The highest BCUT2D eigenvalue weighted by atomic mass is 16.5. The Bertz CT molecular complexity index is 1030. The molecule has 0 bridgehead atoms. The van der Waals surface area contributed by atoms with E-state index < -0.39 is 0 Å². The van der Waals surface area contributed by atoms with Crippen molar-refractivity contribution in [2.75, 3.05) is 34.0 Å². The molecule has 0 spiro atoms. The number of nitrogens with zero attached hydrogens (tertiary/aromatic N) is 5. The molecule has 1 saturated heterocycles. The van der Waals surface area contributed by atoms with Gasteiger partial charge in [0.2, 0.25) is 5.88 Å². The van der Waals surface area contributed by atoms with Gasteiger partial charge < -0.3 is 14.2 Å². The van der Waals surface area contributed by atoms with Crippen molar-refractivity contribution >= 4 is 16.8 Å². The molecule has 1 aliphatic heterocycles. The van der Waals surface area contributed by atoms with Crippen LogP contribution in [0.15, 0.2) is 24.8 Å². The lowest BCUT2D eigenvalue weighted by atomic mass is 9.92. The average molecular weight is 411 g/mol. The number of ether oxygens (including phenoxy) is 3. The number of hydrogen-bond acceptors (Lipinski definition) is 8. The quantitative estimate of drug-likeness (QED) is 0.520. The number of fused-ring (bicyclic) bond motifs is 1. The summed E-state index contributed by atoms with van der Waals surface area (Å²) in [6.07, 6.45) is 8.77. The highest BCUT2D eigenvalue weighted by molar-refractivity contribution is 5.97. The topological polar surface area (TPSA) is 101 Å². The third-order valence-corrected chi connectivity index (χ3v) is 5.30. The van der Waals surface area contributed by atoms with Crippen LogP contribution in [0, 0.1) is 0 Å². The number of carbonyl (C=O) groups excluding carboxylic acids is 1. The van der Waals surface area contributed by atoms with Crippen LogP contribution in [-0.2, 0) is 22.4 Å². The second kappa shape index (κ2) is 9.27. The molecule has 0 saturated carbocycles. The maximum absolute atomic E-state index is 12.7. The first-order chi connectivity index (χ1) is 14.7. The Morgan fingerprint density at radius 2 is 2.00 bits per heavy atom. The lowest BCUT2D eigenvalue weighted by Gasteiger charge is -2.23. The first-order valence-corrected chi connectivity index (χ1v) is 10.0. The summed E-state index contributed by atoms with van der Waals surface area (Å²) >= 11 is 0. The molecule has 1 fully saturated rings. The van der Waals surface area contributed by atoms with Gasteiger partial charge in [0.05, 0.1) is 49.7 Å². The van der Waals surface area contributed by atoms with Gasteiger partial charge >= 0.3 is 0 Å². The van der Waals surface area contributed by atoms with Gasteiger partial charge in [-0.15, -0.1) is 0 Å². The van der Waals surface area contributed by atoms with Crippen LogP contribution in [0.4, 0.5) is 0 Å². The second-order valence-corrected chi connectivity index (χ2v) is 7.25. The summed E-state index contributed by atoms with van der Waals surface area (Å²) in [5.41, 5.74) is 3.52. The van der Waals surface area contributed by atoms with Gasteiger partial charge in [-0.2, -0.15) is 5.10 Å². The van der Waals surface area contributed by atoms with Gasteiger partial charge in [0, 0.05) is 44.5 Å². The number of aromatic nitrogens is 5. The Morgan fingerprint density at radius 1 is 1.17 bits per heavy atom. The highest BCUT2D eigenvalue weighted by Gasteiger charge is 2.22. The van der Waals surface area contributed by atoms with Gasteiger partial charge in [-0.1, -0.05) is 0 Å². The van der Waals surface area contributed by atoms with E-state index in [4.69, 9.17) is 14.2 Å². The van der Waals surface area contributed by atoms with Gasteiger partial charge in [-0.25, -0.2) is 9.97 Å². The molecule has 1 aliphatic rings. The zero-order chi connectivity index (χ0) is 20.9. The molecule has 0 aliphatic carbocycles. The molecule has 4 rings (SSSR count). The molecular formula is C21H25N5O4. The Morgan fingerprint density at radius 3 is 2.77 bits per heavy atom. The SMILES string of the molecule is COCCn1cc(C(=O)Cc2cnc3c(C4CCOCC4)cnc(OC)c3n2)cn1. The Labute approximate surface area is 174 Å². The van der Waals surface area contributed by atoms with Crippen molar-refractivity contribution in [1.29, 1.82) is 0 Å². The summed E-state index contributed by atoms with van der Waals surface area (Å²) in [6.45, 7) is 2.59. The molecule has 9 nitrogen and oxygen atoms in total. The summed E-state index contributed by atoms with van der Waals surface area (Å²) in [5, 5.41) is 4.20. The fraction of sp³-hybridized carbons (Fsp3) is 0.476. The lowest BCUT2D eigenvalue weighted by molar-refractivity contribution is 0.0855. The van der Waals surface area contributed by atoms with Crippen LogP contribution in [0.25, 0.3) is 11.0 Å². The van der Waals surface area contributed by atoms with Crippen LogP contribution >= 0.6 is 0 Å². The molecule has 0 aromatic carbocycles. The maximum Gasteiger partial charge on any atom is 0.241 e. The second-order valence-electron chi connectivity index (χ2n) is 7.25. The van der Waals surface area contributed by atoms with Crippen LogP contribution in [0.2, 0.25) is 0 Å². The van der Waals surface area contributed by atoms with Crippen LogP contribution in [0.3, 0.4) is 0 Å². The molecule has 4 heterocycles. The maximum atomic E-state index is 12.7. The van der Waals surface area contributed by atoms with Crippen LogP contribution < -0.4 is 4.74 Å². The van der Waals surface area contributed by atoms with Crippen molar-refractivity contribution in [2.24, 2.45) is 0 Å². The number of carbonyl (C=O) groups is 1. The van der Waals surface area contributed by atoms with Gasteiger partial charge in [0.25, 0.3) is 0 Å². The number of pyridine rings is 1. The molecule has 30 heavy (non-hydrogen) atoms. The minimum atomic E-state index is -0.0696. The van der Waals surface area contributed by atoms with E-state index in [0.29, 0.717) is 41.7 Å². The Balaban J connectivity index is 1.59. The van der Waals surface area contributed by atoms with Gasteiger partial charge in [0.1, 0.15) is 0 Å². The minimum absolute atomic E-state index is 0.0696. The molecule has 0 radical (unpaired) electrons. The van der Waals surface area contributed by atoms with E-state index in [1.54, 1.807) is 37.5 Å². The van der Waals surface area contributed by atoms with E-state index in [0.717, 1.165) is 37.1 Å². The molecule has 3 aromatic heterocycles. The zero-order valence-electron chi connectivity index (χ0n) is 17.2. The Hall–Kier alpha value is -2.91. The number of ketones is 1. The van der Waals surface area contributed by atoms with Crippen molar-refractivity contribution in [1.82, 2.24) is 24.7 Å². The number of rotatable bonds is 8. The van der Waals surface area contributed by atoms with Gasteiger partial charge in [-0.05, 0) is 18.8 Å². The third-order valence-electron chi connectivity index (χ3n) is 5.30. The molecule has 0 N–H and O–H groups in total. The van der Waals surface area contributed by atoms with E-state index in [1.165, 1.54) is 0 Å². The molecule has 0 atom stereocenters. The van der Waals surface area contributed by atoms with Gasteiger partial charge in [-0.3, -0.25) is 14.5 Å². The fourth-order valence-electron chi connectivity index (χ4n) is 3.66. The summed E-state index contributed by atoms with van der Waals surface area (Å²) in [6, 6.07) is 0. The number of methoxy groups -OCH3 is 2. The highest BCUT2D eigenvalue weighted by Crippen LogP contribution is 2.33. The van der Waals surface area contributed by atoms with Crippen molar-refractivity contribution in [2.45, 2.75) is 31.7 Å². The summed E-state index contributed by atoms with van der Waals surface area (Å²) in [5.74, 6) is 0.675. The van der Waals surface area contributed by atoms with Gasteiger partial charge in [0.15, 0.2) is 11.3 Å². The Kier molecular flexibility index (Phi) is 6.29. The van der Waals surface area contributed by atoms with Crippen LogP contribution in [0.5, 0.6) is 5.88 Å². The summed E-state index contributed by atoms with van der Waals surface area (Å²) < 4.78 is 17.6. The number of hydrogen-bond donors (Lipinski definition) is 0. The van der Waals surface area contributed by atoms with E-state index in [2.05, 4.69) is 20.1 Å². The number of Topliss-reactive ketones (excluding diaryl/α,β-unsaturated/α-hetero) is 1. The lowest BCUT2D eigenvalue weighted by Crippen LogP contribution is -2.15. The minimum Gasteiger partial charge on any atom is -0.479 e. The van der Waals surface area contributed by atoms with Crippen molar-refractivity contribution in [3.63, 3.8) is 0 Å². The van der Waals surface area contributed by atoms with E-state index >= 15 is 0 Å². The third kappa shape index (κ3) is 4.31. The van der Waals surface area contributed by atoms with Crippen molar-refractivity contribution in [3.05, 3.63) is 41.6 Å². The van der Waals surface area contributed by atoms with E-state index in [9.17, 15) is 4.79 Å². The predicted octanol–water partition coefficient (Wildman–Crippen LogP) is 2.20. The molecule has 158 valence electrons.